The van der Waals surface area contributed by atoms with E-state index in [2.05, 4.69) is 102 Å². The largest absolute Gasteiger partial charge is 0.354 e. The standard InChI is InChI=1S/C31H18N2S/c1-2-6-21-17-32-28(14-18(21)5-1)20-10-11-22-19(13-20)9-12-24-26-15-25-23-7-3-4-8-27(23)33-29(25)16-30(26)34-31(22)24/h1-17,33H. The molecule has 3 heterocycles. The molecule has 3 aromatic heterocycles. The number of para-hydroxylation sites is 1. The van der Waals surface area contributed by atoms with Crippen LogP contribution in [0.15, 0.2) is 103 Å². The smallest absolute Gasteiger partial charge is 0.0708 e. The van der Waals surface area contributed by atoms with Crippen molar-refractivity contribution >= 4 is 74.9 Å². The average molecular weight is 451 g/mol. The molecule has 0 unspecified atom stereocenters. The van der Waals surface area contributed by atoms with E-state index in [1.807, 2.05) is 17.5 Å². The van der Waals surface area contributed by atoms with Crippen LogP contribution < -0.4 is 0 Å². The Labute approximate surface area is 199 Å². The Hall–Kier alpha value is -4.21. The number of nitrogens with one attached hydrogen (secondary N) is 1. The number of thiophene rings is 1. The first-order chi connectivity index (χ1) is 16.8. The summed E-state index contributed by atoms with van der Waals surface area (Å²) in [5, 5.41) is 10.2. The van der Waals surface area contributed by atoms with Crippen LogP contribution in [-0.2, 0) is 0 Å². The van der Waals surface area contributed by atoms with E-state index in [4.69, 9.17) is 4.98 Å². The van der Waals surface area contributed by atoms with Crippen LogP contribution in [0.4, 0.5) is 0 Å². The number of pyridine rings is 1. The van der Waals surface area contributed by atoms with E-state index in [-0.39, 0.29) is 0 Å². The molecule has 0 atom stereocenters. The Bertz CT molecular complexity index is 2080. The first-order valence-corrected chi connectivity index (χ1v) is 12.3. The molecule has 0 fully saturated rings. The van der Waals surface area contributed by atoms with Crippen LogP contribution in [-0.4, -0.2) is 9.97 Å². The number of hydrogen-bond donors (Lipinski definition) is 1. The van der Waals surface area contributed by atoms with Crippen molar-refractivity contribution in [3.8, 4) is 11.3 Å². The molecule has 0 aliphatic rings. The number of benzene rings is 5. The van der Waals surface area contributed by atoms with Crippen molar-refractivity contribution < 1.29 is 0 Å². The van der Waals surface area contributed by atoms with Gasteiger partial charge in [-0.25, -0.2) is 0 Å². The van der Waals surface area contributed by atoms with Gasteiger partial charge in [0.1, 0.15) is 0 Å². The lowest BCUT2D eigenvalue weighted by Crippen LogP contribution is -1.85. The molecule has 0 aliphatic heterocycles. The Kier molecular flexibility index (Phi) is 3.57. The van der Waals surface area contributed by atoms with E-state index in [1.54, 1.807) is 0 Å². The first kappa shape index (κ1) is 18.2. The van der Waals surface area contributed by atoms with Gasteiger partial charge >= 0.3 is 0 Å². The molecule has 0 aliphatic carbocycles. The molecule has 1 N–H and O–H groups in total. The molecule has 3 heteroatoms. The summed E-state index contributed by atoms with van der Waals surface area (Å²) in [6, 6.07) is 35.1. The van der Waals surface area contributed by atoms with E-state index in [1.165, 1.54) is 63.5 Å². The van der Waals surface area contributed by atoms with Gasteiger partial charge in [0, 0.05) is 59.1 Å². The van der Waals surface area contributed by atoms with Gasteiger partial charge in [-0.1, -0.05) is 66.7 Å². The van der Waals surface area contributed by atoms with Crippen molar-refractivity contribution in [3.63, 3.8) is 0 Å². The van der Waals surface area contributed by atoms with Gasteiger partial charge in [0.05, 0.1) is 5.69 Å². The molecule has 5 aromatic carbocycles. The van der Waals surface area contributed by atoms with Gasteiger partial charge in [-0.2, -0.15) is 0 Å². The maximum atomic E-state index is 4.73. The average Bonchev–Trinajstić information content (AvgIpc) is 3.44. The molecule has 0 saturated carbocycles. The molecular weight excluding hydrogens is 432 g/mol. The second-order valence-corrected chi connectivity index (χ2v) is 10.0. The summed E-state index contributed by atoms with van der Waals surface area (Å²) < 4.78 is 2.67. The normalized spacial score (nSPS) is 12.1. The fourth-order valence-electron chi connectivity index (χ4n) is 5.31. The van der Waals surface area contributed by atoms with Crippen LogP contribution in [0.2, 0.25) is 0 Å². The lowest BCUT2D eigenvalue weighted by Gasteiger charge is -2.06. The first-order valence-electron chi connectivity index (χ1n) is 11.5. The highest BCUT2D eigenvalue weighted by Crippen LogP contribution is 2.42. The second kappa shape index (κ2) is 6.66. The zero-order valence-electron chi connectivity index (χ0n) is 18.2. The highest BCUT2D eigenvalue weighted by Gasteiger charge is 2.13. The number of H-pyrrole nitrogens is 1. The summed E-state index contributed by atoms with van der Waals surface area (Å²) in [4.78, 5) is 8.32. The zero-order chi connectivity index (χ0) is 22.2. The highest BCUT2D eigenvalue weighted by molar-refractivity contribution is 7.26. The van der Waals surface area contributed by atoms with Crippen LogP contribution in [0.3, 0.4) is 0 Å². The molecule has 2 nitrogen and oxygen atoms in total. The lowest BCUT2D eigenvalue weighted by molar-refractivity contribution is 1.36. The minimum atomic E-state index is 1.01. The van der Waals surface area contributed by atoms with E-state index in [0.29, 0.717) is 0 Å². The fourth-order valence-corrected chi connectivity index (χ4v) is 6.57. The van der Waals surface area contributed by atoms with Crippen molar-refractivity contribution in [2.24, 2.45) is 0 Å². The Morgan fingerprint density at radius 2 is 1.41 bits per heavy atom. The van der Waals surface area contributed by atoms with Crippen LogP contribution >= 0.6 is 11.3 Å². The lowest BCUT2D eigenvalue weighted by atomic mass is 10.0. The number of hydrogen-bond acceptors (Lipinski definition) is 2. The van der Waals surface area contributed by atoms with Crippen LogP contribution in [0, 0.1) is 0 Å². The van der Waals surface area contributed by atoms with Gasteiger partial charge in [0.2, 0.25) is 0 Å². The third-order valence-corrected chi connectivity index (χ3v) is 8.21. The van der Waals surface area contributed by atoms with Crippen molar-refractivity contribution in [1.29, 1.82) is 0 Å². The Balaban J connectivity index is 1.34. The summed E-state index contributed by atoms with van der Waals surface area (Å²) in [5.74, 6) is 0. The Morgan fingerprint density at radius 1 is 0.559 bits per heavy atom. The third kappa shape index (κ3) is 2.53. The minimum Gasteiger partial charge on any atom is -0.354 e. The second-order valence-electron chi connectivity index (χ2n) is 8.96. The van der Waals surface area contributed by atoms with Gasteiger partial charge in [0.25, 0.3) is 0 Å². The molecule has 158 valence electrons. The molecule has 0 spiro atoms. The van der Waals surface area contributed by atoms with Crippen molar-refractivity contribution in [2.75, 3.05) is 0 Å². The summed E-state index contributed by atoms with van der Waals surface area (Å²) >= 11 is 1.88. The summed E-state index contributed by atoms with van der Waals surface area (Å²) in [5.41, 5.74) is 4.56. The third-order valence-electron chi connectivity index (χ3n) is 7.01. The molecule has 0 saturated heterocycles. The van der Waals surface area contributed by atoms with E-state index in [9.17, 15) is 0 Å². The maximum Gasteiger partial charge on any atom is 0.0708 e. The Morgan fingerprint density at radius 3 is 2.38 bits per heavy atom. The number of nitrogens with zero attached hydrogens (tertiary/aromatic N) is 1. The number of aromatic amines is 1. The van der Waals surface area contributed by atoms with E-state index < -0.39 is 0 Å². The number of rotatable bonds is 1. The van der Waals surface area contributed by atoms with E-state index in [0.717, 1.165) is 11.3 Å². The van der Waals surface area contributed by atoms with Crippen molar-refractivity contribution in [3.05, 3.63) is 103 Å². The highest BCUT2D eigenvalue weighted by atomic mass is 32.1. The van der Waals surface area contributed by atoms with Crippen LogP contribution in [0.25, 0.3) is 74.8 Å². The topological polar surface area (TPSA) is 28.7 Å². The molecule has 0 radical (unpaired) electrons. The SMILES string of the molecule is c1ccc2cc(-c3ccc4c(ccc5c6cc7c(cc6sc45)[nH]c4ccccc47)c3)ncc2c1. The molecule has 34 heavy (non-hydrogen) atoms. The molecule has 0 amide bonds. The minimum absolute atomic E-state index is 1.01. The van der Waals surface area contributed by atoms with Gasteiger partial charge in [0.15, 0.2) is 0 Å². The van der Waals surface area contributed by atoms with Crippen molar-refractivity contribution in [1.82, 2.24) is 9.97 Å². The van der Waals surface area contributed by atoms with E-state index >= 15 is 0 Å². The molecule has 8 rings (SSSR count). The molecule has 0 bridgehead atoms. The van der Waals surface area contributed by atoms with Gasteiger partial charge in [-0.05, 0) is 46.5 Å². The predicted molar refractivity (Wildman–Crippen MR) is 147 cm³/mol. The zero-order valence-corrected chi connectivity index (χ0v) is 19.0. The summed E-state index contributed by atoms with van der Waals surface area (Å²) in [6.45, 7) is 0. The van der Waals surface area contributed by atoms with Crippen LogP contribution in [0.5, 0.6) is 0 Å². The van der Waals surface area contributed by atoms with Gasteiger partial charge in [-0.3, -0.25) is 4.98 Å². The fraction of sp³-hybridized carbons (Fsp3) is 0. The van der Waals surface area contributed by atoms with Crippen LogP contribution in [0.1, 0.15) is 0 Å². The number of fused-ring (bicyclic) bond motifs is 9. The number of aromatic nitrogens is 2. The summed E-state index contributed by atoms with van der Waals surface area (Å²) in [7, 11) is 0. The van der Waals surface area contributed by atoms with Gasteiger partial charge < -0.3 is 4.98 Å². The van der Waals surface area contributed by atoms with Crippen molar-refractivity contribution in [2.45, 2.75) is 0 Å². The van der Waals surface area contributed by atoms with Gasteiger partial charge in [-0.15, -0.1) is 11.3 Å². The monoisotopic (exact) mass is 450 g/mol. The molecule has 8 aromatic rings. The summed E-state index contributed by atoms with van der Waals surface area (Å²) in [6.07, 6.45) is 1.97. The molecular formula is C31H18N2S. The predicted octanol–water partition coefficient (Wildman–Crippen LogP) is 9.06. The maximum absolute atomic E-state index is 4.73. The quantitative estimate of drug-likeness (QED) is 0.265.